The van der Waals surface area contributed by atoms with E-state index in [1.54, 1.807) is 0 Å². The first-order chi connectivity index (χ1) is 9.76. The molecule has 0 unspecified atom stereocenters. The van der Waals surface area contributed by atoms with Crippen molar-refractivity contribution in [2.45, 2.75) is 70.1 Å². The second kappa shape index (κ2) is 6.25. The molecular formula is C16H27N3O. The van der Waals surface area contributed by atoms with Crippen molar-refractivity contribution in [3.63, 3.8) is 0 Å². The lowest BCUT2D eigenvalue weighted by molar-refractivity contribution is 0.272. The minimum absolute atomic E-state index is 0.474. The van der Waals surface area contributed by atoms with Gasteiger partial charge in [0.15, 0.2) is 5.82 Å². The van der Waals surface area contributed by atoms with Gasteiger partial charge in [-0.25, -0.2) is 0 Å². The summed E-state index contributed by atoms with van der Waals surface area (Å²) < 4.78 is 5.56. The van der Waals surface area contributed by atoms with Crippen molar-refractivity contribution in [1.82, 2.24) is 10.1 Å². The monoisotopic (exact) mass is 277 g/mol. The minimum Gasteiger partial charge on any atom is -0.339 e. The highest BCUT2D eigenvalue weighted by atomic mass is 16.5. The van der Waals surface area contributed by atoms with Gasteiger partial charge >= 0.3 is 0 Å². The molecule has 2 aliphatic carbocycles. The SMILES string of the molecule is CC1CCC(c2noc(C3CCC(CN)CC3)n2)CC1. The van der Waals surface area contributed by atoms with Crippen molar-refractivity contribution in [3.8, 4) is 0 Å². The average Bonchev–Trinajstić information content (AvgIpc) is 2.98. The summed E-state index contributed by atoms with van der Waals surface area (Å²) in [5.74, 6) is 4.42. The molecule has 2 saturated carbocycles. The molecule has 0 aromatic carbocycles. The quantitative estimate of drug-likeness (QED) is 0.916. The molecule has 0 amide bonds. The van der Waals surface area contributed by atoms with E-state index in [0.717, 1.165) is 37.0 Å². The van der Waals surface area contributed by atoms with Crippen molar-refractivity contribution in [1.29, 1.82) is 0 Å². The van der Waals surface area contributed by atoms with Gasteiger partial charge in [-0.1, -0.05) is 24.9 Å². The Labute approximate surface area is 121 Å². The smallest absolute Gasteiger partial charge is 0.229 e. The topological polar surface area (TPSA) is 64.9 Å². The fourth-order valence-corrected chi connectivity index (χ4v) is 3.74. The standard InChI is InChI=1S/C16H27N3O/c1-11-2-6-13(7-3-11)15-18-16(20-19-15)14-8-4-12(10-17)5-9-14/h11-14H,2-10,17H2,1H3. The molecule has 0 atom stereocenters. The summed E-state index contributed by atoms with van der Waals surface area (Å²) in [6, 6.07) is 0. The first kappa shape index (κ1) is 14.1. The van der Waals surface area contributed by atoms with E-state index < -0.39 is 0 Å². The average molecular weight is 277 g/mol. The van der Waals surface area contributed by atoms with Crippen LogP contribution < -0.4 is 5.73 Å². The summed E-state index contributed by atoms with van der Waals surface area (Å²) in [5, 5.41) is 4.27. The van der Waals surface area contributed by atoms with Gasteiger partial charge in [0.1, 0.15) is 0 Å². The molecule has 1 heterocycles. The molecular weight excluding hydrogens is 250 g/mol. The summed E-state index contributed by atoms with van der Waals surface area (Å²) in [6.45, 7) is 3.16. The molecule has 4 nitrogen and oxygen atoms in total. The molecule has 0 bridgehead atoms. The predicted molar refractivity (Wildman–Crippen MR) is 78.4 cm³/mol. The van der Waals surface area contributed by atoms with Crippen LogP contribution in [0.25, 0.3) is 0 Å². The van der Waals surface area contributed by atoms with Crippen LogP contribution >= 0.6 is 0 Å². The molecule has 2 aliphatic rings. The normalized spacial score (nSPS) is 35.1. The van der Waals surface area contributed by atoms with Gasteiger partial charge in [0.2, 0.25) is 5.89 Å². The molecule has 3 rings (SSSR count). The molecule has 1 aromatic heterocycles. The molecule has 0 aliphatic heterocycles. The first-order valence-electron chi connectivity index (χ1n) is 8.29. The Morgan fingerprint density at radius 3 is 2.30 bits per heavy atom. The van der Waals surface area contributed by atoms with Gasteiger partial charge in [0.05, 0.1) is 0 Å². The Bertz CT molecular complexity index is 415. The van der Waals surface area contributed by atoms with Crippen LogP contribution in [0.1, 0.15) is 81.8 Å². The Morgan fingerprint density at radius 1 is 1.00 bits per heavy atom. The summed E-state index contributed by atoms with van der Waals surface area (Å²) in [6.07, 6.45) is 9.78. The first-order valence-corrected chi connectivity index (χ1v) is 8.29. The maximum absolute atomic E-state index is 5.75. The zero-order valence-corrected chi connectivity index (χ0v) is 12.6. The number of nitrogens with two attached hydrogens (primary N) is 1. The second-order valence-corrected chi connectivity index (χ2v) is 6.90. The number of aromatic nitrogens is 2. The molecule has 1 aromatic rings. The number of nitrogens with zero attached hydrogens (tertiary/aromatic N) is 2. The van der Waals surface area contributed by atoms with Gasteiger partial charge in [-0.3, -0.25) is 0 Å². The van der Waals surface area contributed by atoms with Crippen LogP contribution in [0.4, 0.5) is 0 Å². The third kappa shape index (κ3) is 3.05. The van der Waals surface area contributed by atoms with Gasteiger partial charge in [0, 0.05) is 11.8 Å². The number of hydrogen-bond acceptors (Lipinski definition) is 4. The lowest BCUT2D eigenvalue weighted by atomic mass is 9.81. The van der Waals surface area contributed by atoms with E-state index in [-0.39, 0.29) is 0 Å². The lowest BCUT2D eigenvalue weighted by Crippen LogP contribution is -2.20. The predicted octanol–water partition coefficient (Wildman–Crippen LogP) is 3.60. The molecule has 0 spiro atoms. The van der Waals surface area contributed by atoms with Crippen molar-refractivity contribution < 1.29 is 4.52 Å². The molecule has 2 N–H and O–H groups in total. The Morgan fingerprint density at radius 2 is 1.65 bits per heavy atom. The van der Waals surface area contributed by atoms with Gasteiger partial charge < -0.3 is 10.3 Å². The molecule has 112 valence electrons. The highest BCUT2D eigenvalue weighted by Crippen LogP contribution is 2.37. The molecule has 4 heteroatoms. The highest BCUT2D eigenvalue weighted by molar-refractivity contribution is 5.01. The van der Waals surface area contributed by atoms with Crippen LogP contribution in [0.5, 0.6) is 0 Å². The van der Waals surface area contributed by atoms with E-state index in [1.807, 2.05) is 0 Å². The summed E-state index contributed by atoms with van der Waals surface area (Å²) >= 11 is 0. The molecule has 0 saturated heterocycles. The molecule has 20 heavy (non-hydrogen) atoms. The minimum atomic E-state index is 0.474. The van der Waals surface area contributed by atoms with Crippen LogP contribution in [0.3, 0.4) is 0 Å². The molecule has 0 radical (unpaired) electrons. The van der Waals surface area contributed by atoms with E-state index in [2.05, 4.69) is 12.1 Å². The maximum Gasteiger partial charge on any atom is 0.229 e. The zero-order valence-electron chi connectivity index (χ0n) is 12.6. The largest absolute Gasteiger partial charge is 0.339 e. The van der Waals surface area contributed by atoms with E-state index >= 15 is 0 Å². The van der Waals surface area contributed by atoms with Gasteiger partial charge in [-0.15, -0.1) is 0 Å². The third-order valence-corrected chi connectivity index (χ3v) is 5.37. The van der Waals surface area contributed by atoms with Crippen molar-refractivity contribution in [2.75, 3.05) is 6.54 Å². The van der Waals surface area contributed by atoms with Gasteiger partial charge in [-0.2, -0.15) is 4.98 Å². The van der Waals surface area contributed by atoms with Crippen molar-refractivity contribution >= 4 is 0 Å². The fourth-order valence-electron chi connectivity index (χ4n) is 3.74. The second-order valence-electron chi connectivity index (χ2n) is 6.90. The maximum atomic E-state index is 5.75. The van der Waals surface area contributed by atoms with Crippen molar-refractivity contribution in [3.05, 3.63) is 11.7 Å². The summed E-state index contributed by atoms with van der Waals surface area (Å²) in [7, 11) is 0. The Balaban J connectivity index is 1.59. The van der Waals surface area contributed by atoms with E-state index in [0.29, 0.717) is 17.8 Å². The van der Waals surface area contributed by atoms with Crippen LogP contribution in [0, 0.1) is 11.8 Å². The highest BCUT2D eigenvalue weighted by Gasteiger charge is 2.28. The van der Waals surface area contributed by atoms with Gasteiger partial charge in [-0.05, 0) is 56.9 Å². The van der Waals surface area contributed by atoms with Crippen LogP contribution in [0.2, 0.25) is 0 Å². The van der Waals surface area contributed by atoms with E-state index in [9.17, 15) is 0 Å². The fraction of sp³-hybridized carbons (Fsp3) is 0.875. The molecule has 2 fully saturated rings. The van der Waals surface area contributed by atoms with Crippen LogP contribution in [-0.4, -0.2) is 16.7 Å². The van der Waals surface area contributed by atoms with Gasteiger partial charge in [0.25, 0.3) is 0 Å². The number of hydrogen-bond donors (Lipinski definition) is 1. The van der Waals surface area contributed by atoms with E-state index in [1.165, 1.54) is 38.5 Å². The Kier molecular flexibility index (Phi) is 4.39. The summed E-state index contributed by atoms with van der Waals surface area (Å²) in [5.41, 5.74) is 5.75. The van der Waals surface area contributed by atoms with Crippen LogP contribution in [0.15, 0.2) is 4.52 Å². The third-order valence-electron chi connectivity index (χ3n) is 5.37. The van der Waals surface area contributed by atoms with Crippen molar-refractivity contribution in [2.24, 2.45) is 17.6 Å². The van der Waals surface area contributed by atoms with Crippen LogP contribution in [-0.2, 0) is 0 Å². The Hall–Kier alpha value is -0.900. The lowest BCUT2D eigenvalue weighted by Gasteiger charge is -2.25. The number of rotatable bonds is 3. The van der Waals surface area contributed by atoms with E-state index in [4.69, 9.17) is 15.2 Å². The summed E-state index contributed by atoms with van der Waals surface area (Å²) in [4.78, 5) is 4.72. The zero-order chi connectivity index (χ0) is 13.9.